The van der Waals surface area contributed by atoms with Gasteiger partial charge in [0.1, 0.15) is 0 Å². The molecule has 0 aromatic carbocycles. The van der Waals surface area contributed by atoms with Crippen molar-refractivity contribution in [2.75, 3.05) is 0 Å². The molecule has 0 amide bonds. The molecule has 0 atom stereocenters. The summed E-state index contributed by atoms with van der Waals surface area (Å²) in [6, 6.07) is 0. The zero-order valence-electron chi connectivity index (χ0n) is 4.88. The van der Waals surface area contributed by atoms with Gasteiger partial charge in [0.15, 0.2) is 11.4 Å². The molecule has 0 N–H and O–H groups in total. The van der Waals surface area contributed by atoms with Crippen molar-refractivity contribution in [1.82, 2.24) is 10.3 Å². The van der Waals surface area contributed by atoms with Gasteiger partial charge in [-0.3, -0.25) is 9.59 Å². The number of halogens is 2. The van der Waals surface area contributed by atoms with Crippen LogP contribution >= 0.6 is 23.2 Å². The molecular weight excluding hydrogens is 195 g/mol. The van der Waals surface area contributed by atoms with Gasteiger partial charge >= 0.3 is 0 Å². The first kappa shape index (κ1) is 8.16. The first-order valence-electron chi connectivity index (χ1n) is 2.35. The van der Waals surface area contributed by atoms with E-state index in [0.29, 0.717) is 0 Å². The third-order valence-electron chi connectivity index (χ3n) is 0.861. The topological polar surface area (TPSA) is 73.1 Å². The van der Waals surface area contributed by atoms with Crippen LogP contribution in [0.15, 0.2) is 4.63 Å². The molecule has 58 valence electrons. The van der Waals surface area contributed by atoms with Crippen LogP contribution in [0.25, 0.3) is 0 Å². The molecule has 0 fully saturated rings. The molecule has 0 aliphatic carbocycles. The van der Waals surface area contributed by atoms with Gasteiger partial charge in [-0.25, -0.2) is 4.63 Å². The Balaban J connectivity index is 3.16. The molecule has 0 saturated carbocycles. The summed E-state index contributed by atoms with van der Waals surface area (Å²) in [7, 11) is 0. The number of carbonyl (C=O) groups excluding carboxylic acids is 2. The second kappa shape index (κ2) is 2.98. The van der Waals surface area contributed by atoms with Crippen molar-refractivity contribution in [1.29, 1.82) is 0 Å². The Hall–Kier alpha value is -0.940. The van der Waals surface area contributed by atoms with E-state index in [2.05, 4.69) is 14.9 Å². The molecule has 11 heavy (non-hydrogen) atoms. The Labute approximate surface area is 70.2 Å². The van der Waals surface area contributed by atoms with Gasteiger partial charge < -0.3 is 0 Å². The maximum absolute atomic E-state index is 10.4. The van der Waals surface area contributed by atoms with Gasteiger partial charge in [-0.2, -0.15) is 0 Å². The third-order valence-corrected chi connectivity index (χ3v) is 1.22. The SMILES string of the molecule is O=C(Cl)c1nonc1C(=O)Cl. The van der Waals surface area contributed by atoms with Crippen LogP contribution in [-0.4, -0.2) is 20.8 Å². The zero-order valence-corrected chi connectivity index (χ0v) is 6.39. The highest BCUT2D eigenvalue weighted by molar-refractivity contribution is 6.71. The fourth-order valence-corrected chi connectivity index (χ4v) is 0.694. The Morgan fingerprint density at radius 3 is 1.73 bits per heavy atom. The van der Waals surface area contributed by atoms with Gasteiger partial charge in [-0.1, -0.05) is 0 Å². The maximum Gasteiger partial charge on any atom is 0.276 e. The van der Waals surface area contributed by atoms with E-state index in [9.17, 15) is 9.59 Å². The minimum absolute atomic E-state index is 0.369. The van der Waals surface area contributed by atoms with Crippen molar-refractivity contribution in [2.24, 2.45) is 0 Å². The van der Waals surface area contributed by atoms with Crippen LogP contribution in [0.4, 0.5) is 0 Å². The van der Waals surface area contributed by atoms with Crippen LogP contribution in [0.5, 0.6) is 0 Å². The number of aromatic nitrogens is 2. The van der Waals surface area contributed by atoms with Gasteiger partial charge in [0.25, 0.3) is 10.5 Å². The Morgan fingerprint density at radius 1 is 1.09 bits per heavy atom. The number of rotatable bonds is 2. The highest BCUT2D eigenvalue weighted by atomic mass is 35.5. The molecule has 0 radical (unpaired) electrons. The van der Waals surface area contributed by atoms with Crippen molar-refractivity contribution in [3.05, 3.63) is 11.4 Å². The van der Waals surface area contributed by atoms with E-state index in [1.165, 1.54) is 0 Å². The van der Waals surface area contributed by atoms with Crippen molar-refractivity contribution >= 4 is 33.7 Å². The summed E-state index contributed by atoms with van der Waals surface area (Å²) in [4.78, 5) is 20.8. The highest BCUT2D eigenvalue weighted by Gasteiger charge is 2.20. The second-order valence-corrected chi connectivity index (χ2v) is 2.20. The Morgan fingerprint density at radius 2 is 1.45 bits per heavy atom. The molecule has 0 spiro atoms. The van der Waals surface area contributed by atoms with E-state index < -0.39 is 10.5 Å². The molecule has 0 bridgehead atoms. The molecular formula is C4Cl2N2O3. The largest absolute Gasteiger partial charge is 0.276 e. The third kappa shape index (κ3) is 1.55. The molecule has 0 unspecified atom stereocenters. The van der Waals surface area contributed by atoms with Crippen molar-refractivity contribution in [3.8, 4) is 0 Å². The predicted molar refractivity (Wildman–Crippen MR) is 34.7 cm³/mol. The first-order chi connectivity index (χ1) is 5.13. The lowest BCUT2D eigenvalue weighted by Crippen LogP contribution is -1.99. The summed E-state index contributed by atoms with van der Waals surface area (Å²) in [5.74, 6) is 0. The van der Waals surface area contributed by atoms with E-state index in [4.69, 9.17) is 23.2 Å². The van der Waals surface area contributed by atoms with Crippen LogP contribution in [0.1, 0.15) is 21.0 Å². The van der Waals surface area contributed by atoms with Gasteiger partial charge in [-0.05, 0) is 33.5 Å². The summed E-state index contributed by atoms with van der Waals surface area (Å²) < 4.78 is 4.06. The van der Waals surface area contributed by atoms with E-state index >= 15 is 0 Å². The number of carbonyl (C=O) groups is 2. The standard InChI is InChI=1S/C4Cl2N2O3/c5-3(9)1-2(4(6)10)8-11-7-1. The number of hydrogen-bond donors (Lipinski definition) is 0. The number of hydrogen-bond acceptors (Lipinski definition) is 5. The molecule has 5 nitrogen and oxygen atoms in total. The van der Waals surface area contributed by atoms with E-state index in [1.54, 1.807) is 0 Å². The van der Waals surface area contributed by atoms with Crippen LogP contribution in [0.3, 0.4) is 0 Å². The average Bonchev–Trinajstić information content (AvgIpc) is 2.32. The van der Waals surface area contributed by atoms with E-state index in [1.807, 2.05) is 0 Å². The molecule has 1 aromatic heterocycles. The Kier molecular flexibility index (Phi) is 2.21. The maximum atomic E-state index is 10.4. The lowest BCUT2D eigenvalue weighted by molar-refractivity contribution is 0.104. The van der Waals surface area contributed by atoms with Gasteiger partial charge in [0.05, 0.1) is 0 Å². The lowest BCUT2D eigenvalue weighted by atomic mass is 10.4. The molecule has 7 heteroatoms. The Bertz CT molecular complexity index is 280. The van der Waals surface area contributed by atoms with Crippen LogP contribution in [0, 0.1) is 0 Å². The van der Waals surface area contributed by atoms with E-state index in [0.717, 1.165) is 0 Å². The van der Waals surface area contributed by atoms with Gasteiger partial charge in [0.2, 0.25) is 0 Å². The van der Waals surface area contributed by atoms with Crippen molar-refractivity contribution < 1.29 is 14.2 Å². The second-order valence-electron chi connectivity index (χ2n) is 1.51. The minimum atomic E-state index is -0.935. The summed E-state index contributed by atoms with van der Waals surface area (Å²) >= 11 is 9.96. The summed E-state index contributed by atoms with van der Waals surface area (Å²) in [5.41, 5.74) is -0.738. The summed E-state index contributed by atoms with van der Waals surface area (Å²) in [6.07, 6.45) is 0. The molecule has 0 aliphatic rings. The molecule has 0 aliphatic heterocycles. The molecule has 0 saturated heterocycles. The van der Waals surface area contributed by atoms with Crippen LogP contribution < -0.4 is 0 Å². The minimum Gasteiger partial charge on any atom is -0.274 e. The van der Waals surface area contributed by atoms with E-state index in [-0.39, 0.29) is 11.4 Å². The van der Waals surface area contributed by atoms with Gasteiger partial charge in [-0.15, -0.1) is 0 Å². The van der Waals surface area contributed by atoms with Crippen molar-refractivity contribution in [2.45, 2.75) is 0 Å². The number of nitrogens with zero attached hydrogens (tertiary/aromatic N) is 2. The smallest absolute Gasteiger partial charge is 0.274 e. The lowest BCUT2D eigenvalue weighted by Gasteiger charge is -1.82. The first-order valence-corrected chi connectivity index (χ1v) is 3.10. The quantitative estimate of drug-likeness (QED) is 0.653. The fourth-order valence-electron chi connectivity index (χ4n) is 0.446. The summed E-state index contributed by atoms with van der Waals surface area (Å²) in [6.45, 7) is 0. The monoisotopic (exact) mass is 194 g/mol. The van der Waals surface area contributed by atoms with Gasteiger partial charge in [0, 0.05) is 0 Å². The predicted octanol–water partition coefficient (Wildman–Crippen LogP) is 0.828. The average molecular weight is 195 g/mol. The fraction of sp³-hybridized carbons (Fsp3) is 0. The molecule has 1 rings (SSSR count). The zero-order chi connectivity index (χ0) is 8.43. The molecule has 1 heterocycles. The summed E-state index contributed by atoms with van der Waals surface area (Å²) in [5, 5.41) is 4.26. The molecule has 1 aromatic rings. The highest BCUT2D eigenvalue weighted by Crippen LogP contribution is 2.08. The normalized spacial score (nSPS) is 9.64. The van der Waals surface area contributed by atoms with Crippen molar-refractivity contribution in [3.63, 3.8) is 0 Å². The van der Waals surface area contributed by atoms with Crippen LogP contribution in [-0.2, 0) is 0 Å². The van der Waals surface area contributed by atoms with Crippen LogP contribution in [0.2, 0.25) is 0 Å².